The first kappa shape index (κ1) is 11.7. The van der Waals surface area contributed by atoms with Crippen molar-refractivity contribution in [3.8, 4) is 0 Å². The fourth-order valence-electron chi connectivity index (χ4n) is 1.67. The largest absolute Gasteiger partial charge is 0.481 e. The summed E-state index contributed by atoms with van der Waals surface area (Å²) in [5.74, 6) is 0.300. The van der Waals surface area contributed by atoms with Crippen LogP contribution in [0.1, 0.15) is 12.6 Å². The number of thiazole rings is 1. The molecule has 2 rings (SSSR count). The fraction of sp³-hybridized carbons (Fsp3) is 0.600. The van der Waals surface area contributed by atoms with Crippen LogP contribution in [0, 0.1) is 0 Å². The first-order valence-electron chi connectivity index (χ1n) is 5.18. The van der Waals surface area contributed by atoms with Gasteiger partial charge in [-0.25, -0.2) is 4.98 Å². The van der Waals surface area contributed by atoms with Crippen molar-refractivity contribution >= 4 is 34.2 Å². The summed E-state index contributed by atoms with van der Waals surface area (Å²) < 4.78 is 0. The van der Waals surface area contributed by atoms with Crippen molar-refractivity contribution in [1.29, 1.82) is 0 Å². The quantitative estimate of drug-likeness (QED) is 0.894. The third kappa shape index (κ3) is 2.89. The Morgan fingerprint density at radius 3 is 3.25 bits per heavy atom. The van der Waals surface area contributed by atoms with Crippen LogP contribution in [0.15, 0.2) is 5.38 Å². The van der Waals surface area contributed by atoms with Gasteiger partial charge in [-0.3, -0.25) is 4.79 Å². The zero-order valence-electron chi connectivity index (χ0n) is 9.05. The van der Waals surface area contributed by atoms with Gasteiger partial charge < -0.3 is 10.0 Å². The number of anilines is 1. The number of thioether (sulfide) groups is 1. The molecular formula is C10H14N2O2S2. The van der Waals surface area contributed by atoms with Gasteiger partial charge in [-0.2, -0.15) is 11.8 Å². The van der Waals surface area contributed by atoms with E-state index in [2.05, 4.69) is 16.8 Å². The minimum Gasteiger partial charge on any atom is -0.481 e. The smallest absolute Gasteiger partial charge is 0.309 e. The molecule has 16 heavy (non-hydrogen) atoms. The second-order valence-corrected chi connectivity index (χ2v) is 6.20. The molecule has 0 saturated carbocycles. The highest BCUT2D eigenvalue weighted by Crippen LogP contribution is 2.26. The van der Waals surface area contributed by atoms with Gasteiger partial charge in [0.15, 0.2) is 5.13 Å². The highest BCUT2D eigenvalue weighted by atomic mass is 32.2. The Labute approximate surface area is 103 Å². The Morgan fingerprint density at radius 2 is 2.56 bits per heavy atom. The molecule has 1 atom stereocenters. The molecule has 1 aliphatic heterocycles. The van der Waals surface area contributed by atoms with Gasteiger partial charge in [0, 0.05) is 29.5 Å². The lowest BCUT2D eigenvalue weighted by molar-refractivity contribution is -0.136. The number of carboxylic acids is 1. The predicted molar refractivity (Wildman–Crippen MR) is 67.6 cm³/mol. The van der Waals surface area contributed by atoms with Crippen molar-refractivity contribution in [2.45, 2.75) is 18.6 Å². The molecular weight excluding hydrogens is 244 g/mol. The lowest BCUT2D eigenvalue weighted by Gasteiger charge is -2.30. The molecule has 1 fully saturated rings. The lowest BCUT2D eigenvalue weighted by Crippen LogP contribution is -2.36. The highest BCUT2D eigenvalue weighted by molar-refractivity contribution is 8.00. The summed E-state index contributed by atoms with van der Waals surface area (Å²) in [4.78, 5) is 17.2. The summed E-state index contributed by atoms with van der Waals surface area (Å²) in [5.41, 5.74) is 0.665. The molecule has 0 aliphatic carbocycles. The van der Waals surface area contributed by atoms with E-state index in [-0.39, 0.29) is 6.42 Å². The number of carboxylic acid groups (broad SMARTS) is 1. The SMILES string of the molecule is CC1CN(c2nc(CC(=O)O)cs2)CCS1. The molecule has 88 valence electrons. The Morgan fingerprint density at radius 1 is 1.75 bits per heavy atom. The van der Waals surface area contributed by atoms with Crippen LogP contribution in [0.5, 0.6) is 0 Å². The van der Waals surface area contributed by atoms with E-state index < -0.39 is 5.97 Å². The van der Waals surface area contributed by atoms with E-state index in [1.807, 2.05) is 17.1 Å². The molecule has 0 aromatic carbocycles. The maximum atomic E-state index is 10.6. The van der Waals surface area contributed by atoms with E-state index in [1.54, 1.807) is 11.3 Å². The van der Waals surface area contributed by atoms with Gasteiger partial charge in [-0.1, -0.05) is 6.92 Å². The summed E-state index contributed by atoms with van der Waals surface area (Å²) in [6.45, 7) is 4.22. The zero-order valence-corrected chi connectivity index (χ0v) is 10.7. The van der Waals surface area contributed by atoms with Gasteiger partial charge in [0.1, 0.15) is 0 Å². The van der Waals surface area contributed by atoms with Crippen molar-refractivity contribution in [1.82, 2.24) is 4.98 Å². The van der Waals surface area contributed by atoms with E-state index >= 15 is 0 Å². The average molecular weight is 258 g/mol. The van der Waals surface area contributed by atoms with Gasteiger partial charge in [0.05, 0.1) is 12.1 Å². The second kappa shape index (κ2) is 5.05. The number of nitrogens with zero attached hydrogens (tertiary/aromatic N) is 2. The van der Waals surface area contributed by atoms with Gasteiger partial charge in [0.2, 0.25) is 0 Å². The molecule has 1 saturated heterocycles. The molecule has 1 N–H and O–H groups in total. The Kier molecular flexibility index (Phi) is 3.70. The number of aromatic nitrogens is 1. The number of rotatable bonds is 3. The molecule has 4 nitrogen and oxygen atoms in total. The number of carbonyl (C=O) groups is 1. The van der Waals surface area contributed by atoms with Crippen molar-refractivity contribution in [3.63, 3.8) is 0 Å². The van der Waals surface area contributed by atoms with E-state index in [0.717, 1.165) is 24.0 Å². The molecule has 1 aromatic rings. The van der Waals surface area contributed by atoms with Gasteiger partial charge in [-0.15, -0.1) is 11.3 Å². The summed E-state index contributed by atoms with van der Waals surface area (Å²) in [7, 11) is 0. The monoisotopic (exact) mass is 258 g/mol. The van der Waals surface area contributed by atoms with E-state index in [1.165, 1.54) is 0 Å². The van der Waals surface area contributed by atoms with E-state index in [4.69, 9.17) is 5.11 Å². The standard InChI is InChI=1S/C10H14N2O2S2/c1-7-5-12(2-3-15-7)10-11-8(6-16-10)4-9(13)14/h6-7H,2-5H2,1H3,(H,13,14). The van der Waals surface area contributed by atoms with Crippen LogP contribution >= 0.6 is 23.1 Å². The molecule has 1 aliphatic rings. The number of hydrogen-bond donors (Lipinski definition) is 1. The predicted octanol–water partition coefficient (Wildman–Crippen LogP) is 1.71. The van der Waals surface area contributed by atoms with Crippen LogP contribution in [-0.4, -0.2) is 40.2 Å². The van der Waals surface area contributed by atoms with Crippen LogP contribution in [0.25, 0.3) is 0 Å². The Bertz CT molecular complexity index is 381. The molecule has 1 unspecified atom stereocenters. The molecule has 2 heterocycles. The van der Waals surface area contributed by atoms with Crippen molar-refractivity contribution in [3.05, 3.63) is 11.1 Å². The van der Waals surface area contributed by atoms with Crippen LogP contribution in [0.2, 0.25) is 0 Å². The molecule has 0 bridgehead atoms. The second-order valence-electron chi connectivity index (χ2n) is 3.82. The van der Waals surface area contributed by atoms with Crippen molar-refractivity contribution in [2.75, 3.05) is 23.7 Å². The third-order valence-electron chi connectivity index (χ3n) is 2.38. The average Bonchev–Trinajstić information content (AvgIpc) is 2.65. The summed E-state index contributed by atoms with van der Waals surface area (Å²) in [6.07, 6.45) is 0.0225. The van der Waals surface area contributed by atoms with Crippen LogP contribution in [0.4, 0.5) is 5.13 Å². The topological polar surface area (TPSA) is 53.4 Å². The van der Waals surface area contributed by atoms with Crippen molar-refractivity contribution < 1.29 is 9.90 Å². The first-order valence-corrected chi connectivity index (χ1v) is 7.10. The Balaban J connectivity index is 2.03. The van der Waals surface area contributed by atoms with Gasteiger partial charge >= 0.3 is 5.97 Å². The van der Waals surface area contributed by atoms with Gasteiger partial charge in [0.25, 0.3) is 0 Å². The fourth-order valence-corrected chi connectivity index (χ4v) is 3.55. The minimum absolute atomic E-state index is 0.0225. The third-order valence-corrected chi connectivity index (χ3v) is 4.47. The maximum absolute atomic E-state index is 10.6. The van der Waals surface area contributed by atoms with Crippen LogP contribution < -0.4 is 4.90 Å². The molecule has 0 spiro atoms. The summed E-state index contributed by atoms with van der Waals surface area (Å²) >= 11 is 3.52. The molecule has 0 amide bonds. The number of aliphatic carboxylic acids is 1. The van der Waals surface area contributed by atoms with Crippen LogP contribution in [-0.2, 0) is 11.2 Å². The minimum atomic E-state index is -0.820. The highest BCUT2D eigenvalue weighted by Gasteiger charge is 2.19. The molecule has 1 aromatic heterocycles. The summed E-state index contributed by atoms with van der Waals surface area (Å²) in [6, 6.07) is 0. The molecule has 6 heteroatoms. The van der Waals surface area contributed by atoms with E-state index in [0.29, 0.717) is 10.9 Å². The molecule has 0 radical (unpaired) electrons. The van der Waals surface area contributed by atoms with Gasteiger partial charge in [-0.05, 0) is 0 Å². The van der Waals surface area contributed by atoms with Crippen LogP contribution in [0.3, 0.4) is 0 Å². The van der Waals surface area contributed by atoms with Crippen molar-refractivity contribution in [2.24, 2.45) is 0 Å². The van der Waals surface area contributed by atoms with E-state index in [9.17, 15) is 4.79 Å². The Hall–Kier alpha value is -0.750. The number of hydrogen-bond acceptors (Lipinski definition) is 5. The zero-order chi connectivity index (χ0) is 11.5. The lowest BCUT2D eigenvalue weighted by atomic mass is 10.3. The maximum Gasteiger partial charge on any atom is 0.309 e. The normalized spacial score (nSPS) is 21.1. The summed E-state index contributed by atoms with van der Waals surface area (Å²) in [5, 5.41) is 12.1. The first-order chi connectivity index (χ1) is 7.65.